The van der Waals surface area contributed by atoms with Crippen molar-refractivity contribution in [2.24, 2.45) is 0 Å². The first kappa shape index (κ1) is 23.3. The summed E-state index contributed by atoms with van der Waals surface area (Å²) in [4.78, 5) is 26.5. The molecule has 2 heterocycles. The Morgan fingerprint density at radius 2 is 1.78 bits per heavy atom. The number of fused-ring (bicyclic) bond motifs is 3. The van der Waals surface area contributed by atoms with Gasteiger partial charge in [0.2, 0.25) is 11.7 Å². The third-order valence-corrected chi connectivity index (χ3v) is 7.19. The number of carbonyl (C=O) groups excluding carboxylic acids is 1. The van der Waals surface area contributed by atoms with Gasteiger partial charge in [0, 0.05) is 5.69 Å². The van der Waals surface area contributed by atoms with Crippen LogP contribution in [0.4, 0.5) is 5.69 Å². The zero-order chi connectivity index (χ0) is 25.4. The van der Waals surface area contributed by atoms with Crippen LogP contribution < -0.4 is 10.9 Å². The van der Waals surface area contributed by atoms with E-state index >= 15 is 0 Å². The molecule has 0 radical (unpaired) electrons. The topological polar surface area (TPSA) is 105 Å². The van der Waals surface area contributed by atoms with Gasteiger partial charge in [-0.05, 0) is 74.4 Å². The van der Waals surface area contributed by atoms with Crippen molar-refractivity contribution in [2.75, 3.05) is 5.32 Å². The summed E-state index contributed by atoms with van der Waals surface area (Å²) in [7, 11) is 0. The van der Waals surface area contributed by atoms with Crippen LogP contribution in [0.5, 0.6) is 0 Å². The second kappa shape index (κ2) is 9.32. The van der Waals surface area contributed by atoms with Gasteiger partial charge in [-0.2, -0.15) is 5.26 Å². The molecule has 0 aliphatic heterocycles. The molecule has 1 N–H and O–H groups in total. The summed E-state index contributed by atoms with van der Waals surface area (Å²) in [6.07, 6.45) is 0. The Hall–Kier alpha value is -4.42. The molecule has 5 aromatic rings. The van der Waals surface area contributed by atoms with Crippen LogP contribution in [-0.4, -0.2) is 30.3 Å². The van der Waals surface area contributed by atoms with Gasteiger partial charge in [0.05, 0.1) is 33.5 Å². The Kier molecular flexibility index (Phi) is 6.04. The molecule has 0 saturated heterocycles. The number of aryl methyl sites for hydroxylation is 1. The van der Waals surface area contributed by atoms with E-state index in [9.17, 15) is 9.59 Å². The standard InChI is InChI=1S/C27H22N6O2S/c1-16-7-6-10-22(17(16)2)32-25(35)21-8-4-5-9-23(21)33-26(32)30-31-27(33)36-18(3)24(34)29-20-13-11-19(15-28)12-14-20/h4-14,18H,1-3H3,(H,29,34). The Morgan fingerprint density at radius 1 is 1.03 bits per heavy atom. The predicted molar refractivity (Wildman–Crippen MR) is 141 cm³/mol. The van der Waals surface area contributed by atoms with Crippen LogP contribution >= 0.6 is 11.8 Å². The van der Waals surface area contributed by atoms with Gasteiger partial charge in [-0.25, -0.2) is 4.57 Å². The second-order valence-electron chi connectivity index (χ2n) is 8.43. The molecule has 8 nitrogen and oxygen atoms in total. The Bertz CT molecular complexity index is 1730. The Balaban J connectivity index is 1.58. The first-order chi connectivity index (χ1) is 17.4. The van der Waals surface area contributed by atoms with Crippen molar-refractivity contribution in [2.45, 2.75) is 31.2 Å². The molecule has 0 saturated carbocycles. The number of thioether (sulfide) groups is 1. The maximum absolute atomic E-state index is 13.6. The molecule has 178 valence electrons. The van der Waals surface area contributed by atoms with E-state index in [0.29, 0.717) is 33.1 Å². The van der Waals surface area contributed by atoms with E-state index in [1.165, 1.54) is 11.8 Å². The molecule has 2 aromatic heterocycles. The zero-order valence-corrected chi connectivity index (χ0v) is 20.7. The number of hydrogen-bond acceptors (Lipinski definition) is 6. The quantitative estimate of drug-likeness (QED) is 0.357. The van der Waals surface area contributed by atoms with Gasteiger partial charge in [-0.3, -0.25) is 14.0 Å². The summed E-state index contributed by atoms with van der Waals surface area (Å²) >= 11 is 1.26. The lowest BCUT2D eigenvalue weighted by atomic mass is 10.1. The average molecular weight is 495 g/mol. The summed E-state index contributed by atoms with van der Waals surface area (Å²) in [5.74, 6) is 0.170. The van der Waals surface area contributed by atoms with Crippen LogP contribution in [0.1, 0.15) is 23.6 Å². The molecule has 1 amide bonds. The molecule has 0 spiro atoms. The van der Waals surface area contributed by atoms with Gasteiger partial charge in [-0.1, -0.05) is 36.0 Å². The first-order valence-corrected chi connectivity index (χ1v) is 12.2. The highest BCUT2D eigenvalue weighted by Crippen LogP contribution is 2.28. The van der Waals surface area contributed by atoms with E-state index in [1.807, 2.05) is 54.6 Å². The Labute approximate surface area is 211 Å². The fraction of sp³-hybridized carbons (Fsp3) is 0.148. The minimum atomic E-state index is -0.507. The highest BCUT2D eigenvalue weighted by atomic mass is 32.2. The van der Waals surface area contributed by atoms with Crippen molar-refractivity contribution in [3.63, 3.8) is 0 Å². The van der Waals surface area contributed by atoms with Gasteiger partial charge in [0.1, 0.15) is 0 Å². The smallest absolute Gasteiger partial charge is 0.267 e. The largest absolute Gasteiger partial charge is 0.325 e. The maximum Gasteiger partial charge on any atom is 0.267 e. The summed E-state index contributed by atoms with van der Waals surface area (Å²) in [5.41, 5.74) is 4.40. The maximum atomic E-state index is 13.6. The van der Waals surface area contributed by atoms with Crippen molar-refractivity contribution in [3.8, 4) is 11.8 Å². The summed E-state index contributed by atoms with van der Waals surface area (Å²) in [6, 6.07) is 21.9. The fourth-order valence-electron chi connectivity index (χ4n) is 4.03. The number of nitrogens with one attached hydrogen (secondary N) is 1. The minimum absolute atomic E-state index is 0.178. The van der Waals surface area contributed by atoms with E-state index in [1.54, 1.807) is 41.8 Å². The van der Waals surface area contributed by atoms with Crippen LogP contribution in [0.25, 0.3) is 22.4 Å². The van der Waals surface area contributed by atoms with E-state index < -0.39 is 5.25 Å². The van der Waals surface area contributed by atoms with Crippen LogP contribution in [0, 0.1) is 25.2 Å². The summed E-state index contributed by atoms with van der Waals surface area (Å²) in [5, 5.41) is 21.1. The van der Waals surface area contributed by atoms with Gasteiger partial charge in [0.15, 0.2) is 5.16 Å². The molecule has 0 aliphatic rings. The molecule has 36 heavy (non-hydrogen) atoms. The monoisotopic (exact) mass is 494 g/mol. The number of amides is 1. The van der Waals surface area contributed by atoms with Crippen LogP contribution in [0.15, 0.2) is 76.7 Å². The highest BCUT2D eigenvalue weighted by Gasteiger charge is 2.23. The van der Waals surface area contributed by atoms with Gasteiger partial charge >= 0.3 is 0 Å². The molecule has 1 unspecified atom stereocenters. The molecular weight excluding hydrogens is 472 g/mol. The van der Waals surface area contributed by atoms with E-state index in [2.05, 4.69) is 21.6 Å². The number of aromatic nitrogens is 4. The number of nitriles is 1. The fourth-order valence-corrected chi connectivity index (χ4v) is 4.89. The van der Waals surface area contributed by atoms with Gasteiger partial charge in [0.25, 0.3) is 5.56 Å². The number of anilines is 1. The Morgan fingerprint density at radius 3 is 2.53 bits per heavy atom. The van der Waals surface area contributed by atoms with E-state index in [-0.39, 0.29) is 11.5 Å². The third-order valence-electron chi connectivity index (χ3n) is 6.14. The number of benzene rings is 3. The van der Waals surface area contributed by atoms with E-state index in [0.717, 1.165) is 16.8 Å². The van der Waals surface area contributed by atoms with Crippen LogP contribution in [-0.2, 0) is 4.79 Å². The molecule has 3 aromatic carbocycles. The number of para-hydroxylation sites is 1. The minimum Gasteiger partial charge on any atom is -0.325 e. The van der Waals surface area contributed by atoms with Crippen molar-refractivity contribution in [1.29, 1.82) is 5.26 Å². The van der Waals surface area contributed by atoms with Crippen LogP contribution in [0.3, 0.4) is 0 Å². The molecular formula is C27H22N6O2S. The van der Waals surface area contributed by atoms with Crippen molar-refractivity contribution < 1.29 is 4.79 Å². The number of hydrogen-bond donors (Lipinski definition) is 1. The van der Waals surface area contributed by atoms with E-state index in [4.69, 9.17) is 5.26 Å². The first-order valence-electron chi connectivity index (χ1n) is 11.3. The molecule has 9 heteroatoms. The number of rotatable bonds is 5. The van der Waals surface area contributed by atoms with Crippen LogP contribution in [0.2, 0.25) is 0 Å². The molecule has 1 atom stereocenters. The van der Waals surface area contributed by atoms with Gasteiger partial charge < -0.3 is 5.32 Å². The number of carbonyl (C=O) groups is 1. The molecule has 0 fully saturated rings. The van der Waals surface area contributed by atoms with Crippen molar-refractivity contribution in [1.82, 2.24) is 19.2 Å². The highest BCUT2D eigenvalue weighted by molar-refractivity contribution is 8.00. The van der Waals surface area contributed by atoms with Crippen molar-refractivity contribution in [3.05, 3.63) is 93.8 Å². The predicted octanol–water partition coefficient (Wildman–Crippen LogP) is 4.64. The second-order valence-corrected chi connectivity index (χ2v) is 9.74. The molecule has 0 aliphatic carbocycles. The molecule has 0 bridgehead atoms. The van der Waals surface area contributed by atoms with Crippen molar-refractivity contribution >= 4 is 40.0 Å². The average Bonchev–Trinajstić information content (AvgIpc) is 3.30. The summed E-state index contributed by atoms with van der Waals surface area (Å²) in [6.45, 7) is 5.76. The lowest BCUT2D eigenvalue weighted by Crippen LogP contribution is -2.24. The molecule has 5 rings (SSSR count). The van der Waals surface area contributed by atoms with Gasteiger partial charge in [-0.15, -0.1) is 10.2 Å². The normalized spacial score (nSPS) is 11.9. The number of nitrogens with zero attached hydrogens (tertiary/aromatic N) is 5. The summed E-state index contributed by atoms with van der Waals surface area (Å²) < 4.78 is 3.41. The zero-order valence-electron chi connectivity index (χ0n) is 19.9. The lowest BCUT2D eigenvalue weighted by molar-refractivity contribution is -0.115. The third kappa shape index (κ3) is 4.01. The SMILES string of the molecule is Cc1cccc(-n2c(=O)c3ccccc3n3c(SC(C)C(=O)Nc4ccc(C#N)cc4)nnc23)c1C. The lowest BCUT2D eigenvalue weighted by Gasteiger charge is -2.15.